The SMILES string of the molecule is CCCCCCCCCCCCCCC(Br)C(=O)OCC(C)=O. The monoisotopic (exact) mass is 390 g/mol. The summed E-state index contributed by atoms with van der Waals surface area (Å²) in [6.45, 7) is 3.56. The zero-order chi connectivity index (χ0) is 17.3. The molecular formula is C19H35BrO3. The van der Waals surface area contributed by atoms with Gasteiger partial charge in [0.25, 0.3) is 0 Å². The number of halogens is 1. The van der Waals surface area contributed by atoms with Gasteiger partial charge in [-0.05, 0) is 13.3 Å². The molecule has 0 aromatic heterocycles. The van der Waals surface area contributed by atoms with Crippen molar-refractivity contribution in [3.8, 4) is 0 Å². The average molecular weight is 391 g/mol. The highest BCUT2D eigenvalue weighted by molar-refractivity contribution is 9.10. The molecule has 0 aromatic rings. The fourth-order valence-electron chi connectivity index (χ4n) is 2.55. The molecular weight excluding hydrogens is 356 g/mol. The minimum Gasteiger partial charge on any atom is -0.457 e. The summed E-state index contributed by atoms with van der Waals surface area (Å²) in [5.41, 5.74) is 0. The number of esters is 1. The van der Waals surface area contributed by atoms with Crippen LogP contribution in [-0.4, -0.2) is 23.2 Å². The molecule has 0 radical (unpaired) electrons. The molecule has 0 N–H and O–H groups in total. The highest BCUT2D eigenvalue weighted by Crippen LogP contribution is 2.15. The van der Waals surface area contributed by atoms with Gasteiger partial charge in [0.05, 0.1) is 0 Å². The molecule has 0 bridgehead atoms. The van der Waals surface area contributed by atoms with E-state index in [0.717, 1.165) is 12.8 Å². The smallest absolute Gasteiger partial charge is 0.320 e. The van der Waals surface area contributed by atoms with E-state index in [0.29, 0.717) is 0 Å². The summed E-state index contributed by atoms with van der Waals surface area (Å²) in [7, 11) is 0. The molecule has 136 valence electrons. The van der Waals surface area contributed by atoms with Crippen LogP contribution < -0.4 is 0 Å². The van der Waals surface area contributed by atoms with E-state index in [2.05, 4.69) is 22.9 Å². The van der Waals surface area contributed by atoms with Gasteiger partial charge in [0.2, 0.25) is 0 Å². The minimum atomic E-state index is -0.316. The molecule has 0 aliphatic heterocycles. The Bertz CT molecular complexity index is 305. The standard InChI is InChI=1S/C19H35BrO3/c1-3-4-5-6-7-8-9-10-11-12-13-14-15-18(20)19(22)23-16-17(2)21/h18H,3-16H2,1-2H3. The van der Waals surface area contributed by atoms with E-state index in [1.165, 1.54) is 77.6 Å². The normalized spacial score (nSPS) is 12.1. The fraction of sp³-hybridized carbons (Fsp3) is 0.895. The highest BCUT2D eigenvalue weighted by Gasteiger charge is 2.16. The molecule has 0 rings (SSSR count). The zero-order valence-electron chi connectivity index (χ0n) is 15.1. The van der Waals surface area contributed by atoms with Gasteiger partial charge in [-0.3, -0.25) is 9.59 Å². The van der Waals surface area contributed by atoms with Crippen molar-refractivity contribution in [3.05, 3.63) is 0 Å². The second-order valence-electron chi connectivity index (χ2n) is 6.46. The third kappa shape index (κ3) is 16.3. The summed E-state index contributed by atoms with van der Waals surface area (Å²) >= 11 is 3.34. The van der Waals surface area contributed by atoms with Gasteiger partial charge < -0.3 is 4.74 Å². The summed E-state index contributed by atoms with van der Waals surface area (Å²) in [6, 6.07) is 0. The van der Waals surface area contributed by atoms with Crippen LogP contribution in [-0.2, 0) is 14.3 Å². The van der Waals surface area contributed by atoms with Crippen LogP contribution in [0.4, 0.5) is 0 Å². The second kappa shape index (κ2) is 16.5. The molecule has 3 nitrogen and oxygen atoms in total. The molecule has 0 aromatic carbocycles. The van der Waals surface area contributed by atoms with Crippen molar-refractivity contribution in [2.75, 3.05) is 6.61 Å². The van der Waals surface area contributed by atoms with Gasteiger partial charge in [-0.1, -0.05) is 99.9 Å². The first kappa shape index (κ1) is 22.6. The molecule has 4 heteroatoms. The number of rotatable bonds is 16. The van der Waals surface area contributed by atoms with Gasteiger partial charge in [0.1, 0.15) is 11.4 Å². The summed E-state index contributed by atoms with van der Waals surface area (Å²) in [6.07, 6.45) is 16.5. The predicted molar refractivity (Wildman–Crippen MR) is 100 cm³/mol. The van der Waals surface area contributed by atoms with Crippen LogP contribution in [0.5, 0.6) is 0 Å². The molecule has 0 aliphatic carbocycles. The molecule has 0 saturated heterocycles. The fourth-order valence-corrected chi connectivity index (χ4v) is 3.00. The molecule has 0 amide bonds. The number of carbonyl (C=O) groups excluding carboxylic acids is 2. The van der Waals surface area contributed by atoms with E-state index in [1.807, 2.05) is 0 Å². The van der Waals surface area contributed by atoms with Crippen molar-refractivity contribution in [2.45, 2.75) is 102 Å². The van der Waals surface area contributed by atoms with Crippen molar-refractivity contribution in [2.24, 2.45) is 0 Å². The predicted octanol–water partition coefficient (Wildman–Crippen LogP) is 5.97. The Balaban J connectivity index is 3.29. The number of Topliss-reactive ketones (excluding diaryl/α,β-unsaturated/α-hetero) is 1. The number of hydrogen-bond acceptors (Lipinski definition) is 3. The first-order chi connectivity index (χ1) is 11.1. The van der Waals surface area contributed by atoms with E-state index >= 15 is 0 Å². The van der Waals surface area contributed by atoms with E-state index in [9.17, 15) is 9.59 Å². The number of unbranched alkanes of at least 4 members (excludes halogenated alkanes) is 11. The zero-order valence-corrected chi connectivity index (χ0v) is 16.7. The molecule has 1 atom stereocenters. The van der Waals surface area contributed by atoms with Crippen LogP contribution >= 0.6 is 15.9 Å². The average Bonchev–Trinajstić information content (AvgIpc) is 2.53. The Kier molecular flexibility index (Phi) is 16.2. The highest BCUT2D eigenvalue weighted by atomic mass is 79.9. The summed E-state index contributed by atoms with van der Waals surface area (Å²) in [5, 5.41) is 0. The third-order valence-corrected chi connectivity index (χ3v) is 4.82. The van der Waals surface area contributed by atoms with Crippen LogP contribution in [0.15, 0.2) is 0 Å². The topological polar surface area (TPSA) is 43.4 Å². The van der Waals surface area contributed by atoms with E-state index < -0.39 is 0 Å². The maximum atomic E-state index is 11.6. The van der Waals surface area contributed by atoms with Gasteiger partial charge in [0.15, 0.2) is 5.78 Å². The Labute approximate surface area is 151 Å². The third-order valence-electron chi connectivity index (χ3n) is 3.98. The van der Waals surface area contributed by atoms with E-state index in [4.69, 9.17) is 4.74 Å². The Morgan fingerprint density at radius 1 is 0.826 bits per heavy atom. The van der Waals surface area contributed by atoms with Gasteiger partial charge in [-0.2, -0.15) is 0 Å². The van der Waals surface area contributed by atoms with Gasteiger partial charge in [-0.25, -0.2) is 0 Å². The lowest BCUT2D eigenvalue weighted by Gasteiger charge is -2.09. The van der Waals surface area contributed by atoms with E-state index in [-0.39, 0.29) is 23.2 Å². The molecule has 0 fully saturated rings. The molecule has 0 heterocycles. The van der Waals surface area contributed by atoms with Crippen LogP contribution in [0, 0.1) is 0 Å². The summed E-state index contributed by atoms with van der Waals surface area (Å²) in [5.74, 6) is -0.438. The number of hydrogen-bond donors (Lipinski definition) is 0. The lowest BCUT2D eigenvalue weighted by atomic mass is 10.0. The Morgan fingerprint density at radius 3 is 1.70 bits per heavy atom. The summed E-state index contributed by atoms with van der Waals surface area (Å²) < 4.78 is 4.89. The molecule has 0 spiro atoms. The quantitative estimate of drug-likeness (QED) is 0.185. The van der Waals surface area contributed by atoms with Crippen molar-refractivity contribution in [3.63, 3.8) is 0 Å². The molecule has 0 aliphatic rings. The number of alkyl halides is 1. The van der Waals surface area contributed by atoms with E-state index in [1.54, 1.807) is 0 Å². The molecule has 0 saturated carbocycles. The number of ketones is 1. The lowest BCUT2D eigenvalue weighted by Crippen LogP contribution is -2.20. The lowest BCUT2D eigenvalue weighted by molar-refractivity contribution is -0.146. The number of ether oxygens (including phenoxy) is 1. The van der Waals surface area contributed by atoms with Crippen LogP contribution in [0.2, 0.25) is 0 Å². The van der Waals surface area contributed by atoms with Gasteiger partial charge >= 0.3 is 5.97 Å². The van der Waals surface area contributed by atoms with Crippen molar-refractivity contribution in [1.29, 1.82) is 0 Å². The largest absolute Gasteiger partial charge is 0.457 e. The van der Waals surface area contributed by atoms with Crippen LogP contribution in [0.3, 0.4) is 0 Å². The molecule has 1 unspecified atom stereocenters. The maximum Gasteiger partial charge on any atom is 0.320 e. The van der Waals surface area contributed by atoms with Gasteiger partial charge in [-0.15, -0.1) is 0 Å². The summed E-state index contributed by atoms with van der Waals surface area (Å²) in [4.78, 5) is 22.0. The van der Waals surface area contributed by atoms with Gasteiger partial charge in [0, 0.05) is 0 Å². The van der Waals surface area contributed by atoms with Crippen LogP contribution in [0.25, 0.3) is 0 Å². The Hall–Kier alpha value is -0.380. The molecule has 23 heavy (non-hydrogen) atoms. The van der Waals surface area contributed by atoms with Crippen molar-refractivity contribution >= 4 is 27.7 Å². The Morgan fingerprint density at radius 2 is 1.26 bits per heavy atom. The van der Waals surface area contributed by atoms with Crippen molar-refractivity contribution in [1.82, 2.24) is 0 Å². The number of carbonyl (C=O) groups is 2. The second-order valence-corrected chi connectivity index (χ2v) is 7.56. The van der Waals surface area contributed by atoms with Crippen molar-refractivity contribution < 1.29 is 14.3 Å². The van der Waals surface area contributed by atoms with Crippen LogP contribution in [0.1, 0.15) is 97.3 Å². The first-order valence-electron chi connectivity index (χ1n) is 9.38. The minimum absolute atomic E-state index is 0.112. The first-order valence-corrected chi connectivity index (χ1v) is 10.3. The maximum absolute atomic E-state index is 11.6.